The van der Waals surface area contributed by atoms with Crippen LogP contribution < -0.4 is 5.32 Å². The van der Waals surface area contributed by atoms with Crippen molar-refractivity contribution >= 4 is 0 Å². The van der Waals surface area contributed by atoms with Gasteiger partial charge in [-0.05, 0) is 51.4 Å². The first-order chi connectivity index (χ1) is 9.61. The minimum absolute atomic E-state index is 0.0181. The molecule has 1 aromatic carbocycles. The number of halogens is 2. The summed E-state index contributed by atoms with van der Waals surface area (Å²) in [7, 11) is 0. The molecule has 0 aromatic heterocycles. The van der Waals surface area contributed by atoms with Crippen molar-refractivity contribution in [2.24, 2.45) is 5.92 Å². The summed E-state index contributed by atoms with van der Waals surface area (Å²) in [6.45, 7) is 8.10. The first-order valence-electron chi connectivity index (χ1n) is 7.51. The normalized spacial score (nSPS) is 18.4. The molecule has 1 atom stereocenters. The molecular formula is C16H24F2N2. The molecule has 1 heterocycles. The second-order valence-corrected chi connectivity index (χ2v) is 5.62. The summed E-state index contributed by atoms with van der Waals surface area (Å²) in [5.41, 5.74) is 0.585. The van der Waals surface area contributed by atoms with E-state index in [1.54, 1.807) is 6.07 Å². The average Bonchev–Trinajstić information content (AvgIpc) is 2.45. The fourth-order valence-corrected chi connectivity index (χ4v) is 2.99. The van der Waals surface area contributed by atoms with Gasteiger partial charge in [0, 0.05) is 24.2 Å². The molecule has 1 aromatic rings. The van der Waals surface area contributed by atoms with Crippen LogP contribution in [-0.4, -0.2) is 31.1 Å². The van der Waals surface area contributed by atoms with E-state index in [9.17, 15) is 8.78 Å². The first-order valence-corrected chi connectivity index (χ1v) is 7.51. The highest BCUT2D eigenvalue weighted by Crippen LogP contribution is 2.25. The van der Waals surface area contributed by atoms with Crippen LogP contribution in [0.4, 0.5) is 8.78 Å². The molecule has 2 rings (SSSR count). The molecule has 1 saturated heterocycles. The van der Waals surface area contributed by atoms with Crippen molar-refractivity contribution in [3.8, 4) is 0 Å². The number of piperidine rings is 1. The van der Waals surface area contributed by atoms with Crippen molar-refractivity contribution in [1.29, 1.82) is 0 Å². The Kier molecular flexibility index (Phi) is 5.49. The van der Waals surface area contributed by atoms with E-state index in [4.69, 9.17) is 0 Å². The second-order valence-electron chi connectivity index (χ2n) is 5.62. The van der Waals surface area contributed by atoms with E-state index in [2.05, 4.69) is 17.1 Å². The molecule has 112 valence electrons. The Morgan fingerprint density at radius 3 is 2.60 bits per heavy atom. The standard InChI is InChI=1S/C16H24F2N2/c1-3-20(11-13-6-8-19-9-7-13)12(2)15-5-4-14(17)10-16(15)18/h4-5,10,12-13,19H,3,6-9,11H2,1-2H3. The van der Waals surface area contributed by atoms with Crippen molar-refractivity contribution in [3.05, 3.63) is 35.4 Å². The van der Waals surface area contributed by atoms with E-state index in [0.29, 0.717) is 11.5 Å². The summed E-state index contributed by atoms with van der Waals surface area (Å²) in [5, 5.41) is 3.36. The van der Waals surface area contributed by atoms with Gasteiger partial charge in [-0.2, -0.15) is 0 Å². The Hall–Kier alpha value is -1.00. The van der Waals surface area contributed by atoms with Crippen molar-refractivity contribution in [2.75, 3.05) is 26.2 Å². The first kappa shape index (κ1) is 15.4. The highest BCUT2D eigenvalue weighted by atomic mass is 19.1. The highest BCUT2D eigenvalue weighted by Gasteiger charge is 2.22. The van der Waals surface area contributed by atoms with Crippen molar-refractivity contribution in [3.63, 3.8) is 0 Å². The molecule has 4 heteroatoms. The fourth-order valence-electron chi connectivity index (χ4n) is 2.99. The lowest BCUT2D eigenvalue weighted by molar-refractivity contribution is 0.166. The van der Waals surface area contributed by atoms with Gasteiger partial charge in [0.05, 0.1) is 0 Å². The van der Waals surface area contributed by atoms with E-state index in [1.807, 2.05) is 6.92 Å². The molecule has 0 spiro atoms. The van der Waals surface area contributed by atoms with Gasteiger partial charge in [-0.1, -0.05) is 13.0 Å². The minimum atomic E-state index is -0.514. The number of benzene rings is 1. The Balaban J connectivity index is 2.05. The maximum Gasteiger partial charge on any atom is 0.130 e. The lowest BCUT2D eigenvalue weighted by Crippen LogP contribution is -2.37. The maximum atomic E-state index is 13.9. The molecule has 1 unspecified atom stereocenters. The third-order valence-electron chi connectivity index (χ3n) is 4.32. The topological polar surface area (TPSA) is 15.3 Å². The number of nitrogens with zero attached hydrogens (tertiary/aromatic N) is 1. The van der Waals surface area contributed by atoms with Crippen LogP contribution in [0.5, 0.6) is 0 Å². The number of nitrogens with one attached hydrogen (secondary N) is 1. The van der Waals surface area contributed by atoms with Crippen LogP contribution in [0.25, 0.3) is 0 Å². The van der Waals surface area contributed by atoms with Crippen LogP contribution in [0.2, 0.25) is 0 Å². The average molecular weight is 282 g/mol. The lowest BCUT2D eigenvalue weighted by atomic mass is 9.96. The molecule has 0 saturated carbocycles. The van der Waals surface area contributed by atoms with Gasteiger partial charge in [-0.3, -0.25) is 4.90 Å². The third-order valence-corrected chi connectivity index (χ3v) is 4.32. The summed E-state index contributed by atoms with van der Waals surface area (Å²) in [6.07, 6.45) is 2.35. The molecule has 2 nitrogen and oxygen atoms in total. The third kappa shape index (κ3) is 3.76. The van der Waals surface area contributed by atoms with Gasteiger partial charge in [0.25, 0.3) is 0 Å². The van der Waals surface area contributed by atoms with Crippen LogP contribution >= 0.6 is 0 Å². The van der Waals surface area contributed by atoms with Crippen LogP contribution in [0.3, 0.4) is 0 Å². The predicted molar refractivity (Wildman–Crippen MR) is 77.6 cm³/mol. The van der Waals surface area contributed by atoms with E-state index in [-0.39, 0.29) is 6.04 Å². The number of rotatable bonds is 5. The molecule has 1 aliphatic rings. The van der Waals surface area contributed by atoms with Crippen LogP contribution in [0.1, 0.15) is 38.3 Å². The van der Waals surface area contributed by atoms with Gasteiger partial charge in [-0.25, -0.2) is 8.78 Å². The molecule has 0 aliphatic carbocycles. The van der Waals surface area contributed by atoms with Gasteiger partial charge in [0.15, 0.2) is 0 Å². The van der Waals surface area contributed by atoms with Crippen molar-refractivity contribution in [2.45, 2.75) is 32.7 Å². The molecule has 20 heavy (non-hydrogen) atoms. The molecule has 1 N–H and O–H groups in total. The maximum absolute atomic E-state index is 13.9. The van der Waals surface area contributed by atoms with E-state index >= 15 is 0 Å². The van der Waals surface area contributed by atoms with Gasteiger partial charge in [0.2, 0.25) is 0 Å². The molecule has 1 fully saturated rings. The van der Waals surface area contributed by atoms with Crippen LogP contribution in [-0.2, 0) is 0 Å². The quantitative estimate of drug-likeness (QED) is 0.891. The summed E-state index contributed by atoms with van der Waals surface area (Å²) in [6, 6.07) is 3.87. The van der Waals surface area contributed by atoms with Crippen molar-refractivity contribution < 1.29 is 8.78 Å². The monoisotopic (exact) mass is 282 g/mol. The number of hydrogen-bond donors (Lipinski definition) is 1. The summed E-state index contributed by atoms with van der Waals surface area (Å²) >= 11 is 0. The van der Waals surface area contributed by atoms with Gasteiger partial charge >= 0.3 is 0 Å². The number of hydrogen-bond acceptors (Lipinski definition) is 2. The van der Waals surface area contributed by atoms with Gasteiger partial charge < -0.3 is 5.32 Å². The minimum Gasteiger partial charge on any atom is -0.317 e. The Bertz CT molecular complexity index is 430. The largest absolute Gasteiger partial charge is 0.317 e. The van der Waals surface area contributed by atoms with Crippen molar-refractivity contribution in [1.82, 2.24) is 10.2 Å². The zero-order valence-electron chi connectivity index (χ0n) is 12.3. The SMILES string of the molecule is CCN(CC1CCNCC1)C(C)c1ccc(F)cc1F. The summed E-state index contributed by atoms with van der Waals surface area (Å²) < 4.78 is 26.9. The smallest absolute Gasteiger partial charge is 0.130 e. The highest BCUT2D eigenvalue weighted by molar-refractivity contribution is 5.21. The van der Waals surface area contributed by atoms with Crippen LogP contribution in [0, 0.1) is 17.6 Å². The molecule has 1 aliphatic heterocycles. The zero-order valence-corrected chi connectivity index (χ0v) is 12.3. The molecular weight excluding hydrogens is 258 g/mol. The fraction of sp³-hybridized carbons (Fsp3) is 0.625. The Morgan fingerprint density at radius 2 is 2.00 bits per heavy atom. The summed E-state index contributed by atoms with van der Waals surface area (Å²) in [4.78, 5) is 2.28. The van der Waals surface area contributed by atoms with E-state index in [1.165, 1.54) is 18.9 Å². The molecule has 0 amide bonds. The Morgan fingerprint density at radius 1 is 1.30 bits per heavy atom. The van der Waals surface area contributed by atoms with Gasteiger partial charge in [-0.15, -0.1) is 0 Å². The Labute approximate surface area is 120 Å². The van der Waals surface area contributed by atoms with E-state index < -0.39 is 11.6 Å². The van der Waals surface area contributed by atoms with Crippen LogP contribution in [0.15, 0.2) is 18.2 Å². The second kappa shape index (κ2) is 7.14. The lowest BCUT2D eigenvalue weighted by Gasteiger charge is -2.33. The summed E-state index contributed by atoms with van der Waals surface area (Å²) in [5.74, 6) is -0.289. The van der Waals surface area contributed by atoms with E-state index in [0.717, 1.165) is 32.2 Å². The molecule has 0 bridgehead atoms. The molecule has 0 radical (unpaired) electrons. The zero-order chi connectivity index (χ0) is 14.5. The predicted octanol–water partition coefficient (Wildman–Crippen LogP) is 3.35. The van der Waals surface area contributed by atoms with Gasteiger partial charge in [0.1, 0.15) is 11.6 Å².